The van der Waals surface area contributed by atoms with Gasteiger partial charge in [0.1, 0.15) is 6.54 Å². The van der Waals surface area contributed by atoms with Crippen molar-refractivity contribution in [2.24, 2.45) is 23.7 Å². The van der Waals surface area contributed by atoms with Crippen molar-refractivity contribution in [3.8, 4) is 0 Å². The molecule has 1 aromatic rings. The minimum atomic E-state index is -0.328. The van der Waals surface area contributed by atoms with Crippen LogP contribution in [-0.2, 0) is 14.4 Å². The molecule has 4 atom stereocenters. The highest BCUT2D eigenvalue weighted by molar-refractivity contribution is 6.09. The molecule has 1 aromatic carbocycles. The maximum absolute atomic E-state index is 12.6. The number of hydrogen-bond donors (Lipinski definition) is 1. The van der Waals surface area contributed by atoms with Crippen LogP contribution in [0.2, 0.25) is 0 Å². The first-order valence-electron chi connectivity index (χ1n) is 8.37. The van der Waals surface area contributed by atoms with E-state index < -0.39 is 0 Å². The Morgan fingerprint density at radius 3 is 2.38 bits per heavy atom. The van der Waals surface area contributed by atoms with Crippen LogP contribution in [0.25, 0.3) is 0 Å². The summed E-state index contributed by atoms with van der Waals surface area (Å²) in [5, 5.41) is 2.82. The normalized spacial score (nSPS) is 30.2. The summed E-state index contributed by atoms with van der Waals surface area (Å²) < 4.78 is 0. The summed E-state index contributed by atoms with van der Waals surface area (Å²) >= 11 is 0. The summed E-state index contributed by atoms with van der Waals surface area (Å²) in [4.78, 5) is 38.7. The van der Waals surface area contributed by atoms with Gasteiger partial charge in [0.25, 0.3) is 0 Å². The molecule has 124 valence electrons. The Hall–Kier alpha value is -2.43. The molecule has 1 N–H and O–H groups in total. The highest BCUT2D eigenvalue weighted by atomic mass is 16.2. The van der Waals surface area contributed by atoms with Gasteiger partial charge in [0.15, 0.2) is 0 Å². The molecule has 0 unspecified atom stereocenters. The van der Waals surface area contributed by atoms with E-state index in [1.165, 1.54) is 0 Å². The van der Waals surface area contributed by atoms with E-state index in [9.17, 15) is 14.4 Å². The van der Waals surface area contributed by atoms with Gasteiger partial charge in [-0.2, -0.15) is 0 Å². The second-order valence-electron chi connectivity index (χ2n) is 7.06. The summed E-state index contributed by atoms with van der Waals surface area (Å²) in [6.07, 6.45) is 5.00. The van der Waals surface area contributed by atoms with E-state index in [-0.39, 0.29) is 47.9 Å². The number of imide groups is 1. The molecular formula is C19H20N2O3. The van der Waals surface area contributed by atoms with E-state index in [2.05, 4.69) is 17.5 Å². The Bertz CT molecular complexity index is 753. The summed E-state index contributed by atoms with van der Waals surface area (Å²) in [6.45, 7) is 3.71. The molecule has 2 aliphatic carbocycles. The van der Waals surface area contributed by atoms with Gasteiger partial charge in [-0.1, -0.05) is 24.3 Å². The number of nitrogens with zero attached hydrogens (tertiary/aromatic N) is 1. The number of carbonyl (C=O) groups is 3. The molecule has 0 spiro atoms. The number of aryl methyl sites for hydroxylation is 1. The van der Waals surface area contributed by atoms with Crippen LogP contribution in [0.15, 0.2) is 30.4 Å². The summed E-state index contributed by atoms with van der Waals surface area (Å²) in [5.74, 6) is -0.851. The van der Waals surface area contributed by atoms with E-state index in [1.807, 2.05) is 32.0 Å². The quantitative estimate of drug-likeness (QED) is 0.683. The van der Waals surface area contributed by atoms with Crippen LogP contribution in [0.3, 0.4) is 0 Å². The van der Waals surface area contributed by atoms with Crippen LogP contribution in [-0.4, -0.2) is 29.2 Å². The van der Waals surface area contributed by atoms with Crippen molar-refractivity contribution in [3.63, 3.8) is 0 Å². The topological polar surface area (TPSA) is 66.5 Å². The SMILES string of the molecule is Cc1cccc(NC(=O)CN2C(=O)[C@@H]3[C@H](C2=O)[C@H]2C=C[C@H]3C2)c1C. The van der Waals surface area contributed by atoms with Crippen molar-refractivity contribution in [2.75, 3.05) is 11.9 Å². The van der Waals surface area contributed by atoms with Crippen LogP contribution in [0.1, 0.15) is 17.5 Å². The zero-order valence-electron chi connectivity index (χ0n) is 13.8. The van der Waals surface area contributed by atoms with Crippen LogP contribution >= 0.6 is 0 Å². The fourth-order valence-electron chi connectivity index (χ4n) is 4.34. The lowest BCUT2D eigenvalue weighted by atomic mass is 9.85. The van der Waals surface area contributed by atoms with Gasteiger partial charge in [-0.05, 0) is 49.3 Å². The fourth-order valence-corrected chi connectivity index (χ4v) is 4.34. The summed E-state index contributed by atoms with van der Waals surface area (Å²) in [6, 6.07) is 5.67. The first-order valence-corrected chi connectivity index (χ1v) is 8.37. The van der Waals surface area contributed by atoms with Crippen molar-refractivity contribution >= 4 is 23.4 Å². The molecule has 0 radical (unpaired) electrons. The molecule has 0 aromatic heterocycles. The van der Waals surface area contributed by atoms with Crippen molar-refractivity contribution in [1.29, 1.82) is 0 Å². The molecule has 4 rings (SSSR count). The first-order chi connectivity index (χ1) is 11.5. The van der Waals surface area contributed by atoms with Gasteiger partial charge in [-0.15, -0.1) is 0 Å². The third-order valence-electron chi connectivity index (χ3n) is 5.74. The molecule has 3 amide bonds. The third-order valence-corrected chi connectivity index (χ3v) is 5.74. The van der Waals surface area contributed by atoms with Crippen LogP contribution in [0, 0.1) is 37.5 Å². The number of anilines is 1. The molecule has 5 heteroatoms. The predicted molar refractivity (Wildman–Crippen MR) is 89.0 cm³/mol. The van der Waals surface area contributed by atoms with Gasteiger partial charge >= 0.3 is 0 Å². The molecule has 1 heterocycles. The predicted octanol–water partition coefficient (Wildman–Crippen LogP) is 2.05. The van der Waals surface area contributed by atoms with Crippen molar-refractivity contribution in [3.05, 3.63) is 41.5 Å². The standard InChI is InChI=1S/C19H20N2O3/c1-10-4-3-5-14(11(10)2)20-15(22)9-21-18(23)16-12-6-7-13(8-12)17(16)19(21)24/h3-7,12-13,16-17H,8-9H2,1-2H3,(H,20,22)/t12-,13-,16-,17+/m0/s1. The zero-order valence-corrected chi connectivity index (χ0v) is 13.8. The number of rotatable bonds is 3. The largest absolute Gasteiger partial charge is 0.324 e. The molecule has 2 bridgehead atoms. The second-order valence-corrected chi connectivity index (χ2v) is 7.06. The average Bonchev–Trinajstić information content (AvgIpc) is 3.22. The van der Waals surface area contributed by atoms with E-state index in [1.54, 1.807) is 0 Å². The Labute approximate surface area is 140 Å². The second kappa shape index (κ2) is 5.30. The lowest BCUT2D eigenvalue weighted by molar-refractivity contribution is -0.143. The number of hydrogen-bond acceptors (Lipinski definition) is 3. The minimum Gasteiger partial charge on any atom is -0.324 e. The molecule has 1 saturated carbocycles. The molecule has 5 nitrogen and oxygen atoms in total. The minimum absolute atomic E-state index is 0.170. The molecular weight excluding hydrogens is 304 g/mol. The summed E-state index contributed by atoms with van der Waals surface area (Å²) in [7, 11) is 0. The van der Waals surface area contributed by atoms with Gasteiger partial charge < -0.3 is 5.32 Å². The number of benzene rings is 1. The Morgan fingerprint density at radius 2 is 1.75 bits per heavy atom. The van der Waals surface area contributed by atoms with Crippen molar-refractivity contribution in [1.82, 2.24) is 4.90 Å². The van der Waals surface area contributed by atoms with E-state index in [0.717, 1.165) is 28.1 Å². The Kier molecular flexibility index (Phi) is 3.34. The lowest BCUT2D eigenvalue weighted by Crippen LogP contribution is -2.39. The monoisotopic (exact) mass is 324 g/mol. The van der Waals surface area contributed by atoms with Crippen LogP contribution in [0.5, 0.6) is 0 Å². The smallest absolute Gasteiger partial charge is 0.244 e. The van der Waals surface area contributed by atoms with Gasteiger partial charge in [0.05, 0.1) is 11.8 Å². The van der Waals surface area contributed by atoms with Crippen molar-refractivity contribution in [2.45, 2.75) is 20.3 Å². The van der Waals surface area contributed by atoms with Gasteiger partial charge in [-0.3, -0.25) is 19.3 Å². The van der Waals surface area contributed by atoms with Crippen LogP contribution < -0.4 is 5.32 Å². The van der Waals surface area contributed by atoms with E-state index in [4.69, 9.17) is 0 Å². The number of likely N-dealkylation sites (tertiary alicyclic amines) is 1. The highest BCUT2D eigenvalue weighted by Crippen LogP contribution is 2.52. The Balaban J connectivity index is 1.48. The molecule has 1 aliphatic heterocycles. The molecule has 1 saturated heterocycles. The first kappa shape index (κ1) is 15.1. The number of carbonyl (C=O) groups excluding carboxylic acids is 3. The lowest BCUT2D eigenvalue weighted by Gasteiger charge is -2.17. The highest BCUT2D eigenvalue weighted by Gasteiger charge is 2.59. The Morgan fingerprint density at radius 1 is 1.12 bits per heavy atom. The number of nitrogens with one attached hydrogen (secondary N) is 1. The maximum atomic E-state index is 12.6. The van der Waals surface area contributed by atoms with E-state index in [0.29, 0.717) is 0 Å². The van der Waals surface area contributed by atoms with Crippen molar-refractivity contribution < 1.29 is 14.4 Å². The molecule has 24 heavy (non-hydrogen) atoms. The number of allylic oxidation sites excluding steroid dienone is 2. The van der Waals surface area contributed by atoms with Gasteiger partial charge in [0, 0.05) is 5.69 Å². The number of amides is 3. The van der Waals surface area contributed by atoms with Gasteiger partial charge in [0.2, 0.25) is 17.7 Å². The number of fused-ring (bicyclic) bond motifs is 5. The zero-order chi connectivity index (χ0) is 17.0. The van der Waals surface area contributed by atoms with E-state index >= 15 is 0 Å². The van der Waals surface area contributed by atoms with Crippen LogP contribution in [0.4, 0.5) is 5.69 Å². The van der Waals surface area contributed by atoms with Gasteiger partial charge in [-0.25, -0.2) is 0 Å². The summed E-state index contributed by atoms with van der Waals surface area (Å²) in [5.41, 5.74) is 2.79. The fraction of sp³-hybridized carbons (Fsp3) is 0.421. The third kappa shape index (κ3) is 2.11. The average molecular weight is 324 g/mol. The molecule has 2 fully saturated rings. The maximum Gasteiger partial charge on any atom is 0.244 e. The molecule has 3 aliphatic rings.